The van der Waals surface area contributed by atoms with Crippen molar-refractivity contribution in [1.29, 1.82) is 0 Å². The fourth-order valence-electron chi connectivity index (χ4n) is 3.54. The quantitative estimate of drug-likeness (QED) is 0.476. The standard InChI is InChI=1S/C23H18F2N4O4/c1-31-15-5-3-14(4-6-15)17-9-18(21(24)25)29-22(28-17)16(11-27-29)23(30)26-10-13-2-7-19-20(8-13)33-12-32-19/h2-9,11,21H,10,12H2,1H3,(H,26,30). The number of carbonyl (C=O) groups is 1. The monoisotopic (exact) mass is 452 g/mol. The van der Waals surface area contributed by atoms with E-state index in [4.69, 9.17) is 14.2 Å². The van der Waals surface area contributed by atoms with Crippen molar-refractivity contribution in [2.24, 2.45) is 0 Å². The maximum absolute atomic E-state index is 13.8. The summed E-state index contributed by atoms with van der Waals surface area (Å²) in [7, 11) is 1.54. The number of fused-ring (bicyclic) bond motifs is 2. The Bertz CT molecular complexity index is 1340. The van der Waals surface area contributed by atoms with E-state index in [-0.39, 0.29) is 30.2 Å². The van der Waals surface area contributed by atoms with Gasteiger partial charge in [0, 0.05) is 12.1 Å². The summed E-state index contributed by atoms with van der Waals surface area (Å²) in [5.74, 6) is 1.39. The molecule has 10 heteroatoms. The van der Waals surface area contributed by atoms with Gasteiger partial charge < -0.3 is 19.5 Å². The maximum Gasteiger partial charge on any atom is 0.280 e. The Morgan fingerprint density at radius 2 is 1.94 bits per heavy atom. The van der Waals surface area contributed by atoms with Crippen molar-refractivity contribution in [3.8, 4) is 28.5 Å². The molecule has 0 bridgehead atoms. The molecule has 0 saturated heterocycles. The number of halogens is 2. The van der Waals surface area contributed by atoms with E-state index >= 15 is 0 Å². The maximum atomic E-state index is 13.8. The van der Waals surface area contributed by atoms with Crippen LogP contribution in [0, 0.1) is 0 Å². The molecule has 1 aliphatic rings. The van der Waals surface area contributed by atoms with Gasteiger partial charge in [-0.3, -0.25) is 4.79 Å². The zero-order valence-corrected chi connectivity index (χ0v) is 17.4. The van der Waals surface area contributed by atoms with Gasteiger partial charge in [-0.05, 0) is 48.0 Å². The van der Waals surface area contributed by atoms with Crippen LogP contribution >= 0.6 is 0 Å². The third kappa shape index (κ3) is 3.91. The first kappa shape index (κ1) is 20.7. The van der Waals surface area contributed by atoms with Gasteiger partial charge in [0.05, 0.1) is 19.0 Å². The van der Waals surface area contributed by atoms with E-state index in [1.165, 1.54) is 19.4 Å². The minimum absolute atomic E-state index is 0.0433. The van der Waals surface area contributed by atoms with Crippen LogP contribution < -0.4 is 19.5 Å². The Morgan fingerprint density at radius 3 is 2.70 bits per heavy atom. The Balaban J connectivity index is 1.46. The van der Waals surface area contributed by atoms with Crippen molar-refractivity contribution in [3.05, 3.63) is 71.5 Å². The average Bonchev–Trinajstić information content (AvgIpc) is 3.48. The molecule has 5 rings (SSSR count). The Labute approximate surface area is 186 Å². The number of benzene rings is 2. The number of rotatable bonds is 6. The van der Waals surface area contributed by atoms with E-state index in [1.807, 2.05) is 0 Å². The number of methoxy groups -OCH3 is 1. The number of alkyl halides is 2. The number of hydrogen-bond acceptors (Lipinski definition) is 6. The molecule has 8 nitrogen and oxygen atoms in total. The van der Waals surface area contributed by atoms with Gasteiger partial charge in [-0.25, -0.2) is 18.3 Å². The second-order valence-corrected chi connectivity index (χ2v) is 7.26. The summed E-state index contributed by atoms with van der Waals surface area (Å²) in [4.78, 5) is 17.3. The van der Waals surface area contributed by atoms with Crippen LogP contribution in [-0.2, 0) is 6.54 Å². The lowest BCUT2D eigenvalue weighted by Gasteiger charge is -2.09. The molecule has 0 radical (unpaired) electrons. The van der Waals surface area contributed by atoms with Crippen molar-refractivity contribution in [2.45, 2.75) is 13.0 Å². The molecule has 0 spiro atoms. The zero-order chi connectivity index (χ0) is 22.9. The summed E-state index contributed by atoms with van der Waals surface area (Å²) in [5.41, 5.74) is 1.47. The highest BCUT2D eigenvalue weighted by Gasteiger charge is 2.22. The minimum atomic E-state index is -2.81. The zero-order valence-electron chi connectivity index (χ0n) is 17.4. The Morgan fingerprint density at radius 1 is 1.15 bits per heavy atom. The molecule has 0 fully saturated rings. The van der Waals surface area contributed by atoms with Gasteiger partial charge in [0.25, 0.3) is 12.3 Å². The molecule has 3 heterocycles. The lowest BCUT2D eigenvalue weighted by atomic mass is 10.1. The highest BCUT2D eigenvalue weighted by atomic mass is 19.3. The molecule has 1 aliphatic heterocycles. The van der Waals surface area contributed by atoms with Gasteiger partial charge in [-0.2, -0.15) is 5.10 Å². The lowest BCUT2D eigenvalue weighted by Crippen LogP contribution is -2.23. The van der Waals surface area contributed by atoms with E-state index in [0.717, 1.165) is 10.1 Å². The minimum Gasteiger partial charge on any atom is -0.497 e. The molecule has 4 aromatic rings. The third-order valence-electron chi connectivity index (χ3n) is 5.24. The van der Waals surface area contributed by atoms with Crippen LogP contribution in [0.1, 0.15) is 28.0 Å². The van der Waals surface area contributed by atoms with Crippen molar-refractivity contribution in [1.82, 2.24) is 19.9 Å². The molecule has 168 valence electrons. The summed E-state index contributed by atoms with van der Waals surface area (Å²) in [5, 5.41) is 6.76. The van der Waals surface area contributed by atoms with E-state index in [1.54, 1.807) is 42.5 Å². The van der Waals surface area contributed by atoms with Crippen LogP contribution in [0.2, 0.25) is 0 Å². The van der Waals surface area contributed by atoms with Crippen LogP contribution in [0.25, 0.3) is 16.9 Å². The smallest absolute Gasteiger partial charge is 0.280 e. The predicted molar refractivity (Wildman–Crippen MR) is 114 cm³/mol. The number of carbonyl (C=O) groups excluding carboxylic acids is 1. The van der Waals surface area contributed by atoms with Crippen molar-refractivity contribution >= 4 is 11.6 Å². The van der Waals surface area contributed by atoms with Crippen molar-refractivity contribution in [2.75, 3.05) is 13.9 Å². The van der Waals surface area contributed by atoms with Crippen LogP contribution in [0.5, 0.6) is 17.2 Å². The van der Waals surface area contributed by atoms with Crippen molar-refractivity contribution < 1.29 is 27.8 Å². The summed E-state index contributed by atoms with van der Waals surface area (Å²) in [6, 6.07) is 13.4. The molecule has 33 heavy (non-hydrogen) atoms. The third-order valence-corrected chi connectivity index (χ3v) is 5.24. The highest BCUT2D eigenvalue weighted by molar-refractivity contribution is 5.99. The second-order valence-electron chi connectivity index (χ2n) is 7.26. The van der Waals surface area contributed by atoms with Gasteiger partial charge in [0.1, 0.15) is 17.0 Å². The summed E-state index contributed by atoms with van der Waals surface area (Å²) in [6.45, 7) is 0.356. The first-order valence-electron chi connectivity index (χ1n) is 10.0. The van der Waals surface area contributed by atoms with Gasteiger partial charge >= 0.3 is 0 Å². The van der Waals surface area contributed by atoms with Crippen molar-refractivity contribution in [3.63, 3.8) is 0 Å². The largest absolute Gasteiger partial charge is 0.497 e. The topological polar surface area (TPSA) is 87.0 Å². The van der Waals surface area contributed by atoms with Crippen LogP contribution in [0.4, 0.5) is 8.78 Å². The second kappa shape index (κ2) is 8.38. The fraction of sp³-hybridized carbons (Fsp3) is 0.174. The van der Waals surface area contributed by atoms with Gasteiger partial charge in [0.15, 0.2) is 17.1 Å². The molecule has 0 unspecified atom stereocenters. The number of amides is 1. The van der Waals surface area contributed by atoms with Gasteiger partial charge in [-0.15, -0.1) is 0 Å². The first-order chi connectivity index (χ1) is 16.0. The fourth-order valence-corrected chi connectivity index (χ4v) is 3.54. The predicted octanol–water partition coefficient (Wildman–Crippen LogP) is 4.00. The normalized spacial score (nSPS) is 12.4. The molecule has 1 N–H and O–H groups in total. The Hall–Kier alpha value is -4.21. The SMILES string of the molecule is COc1ccc(-c2cc(C(F)F)n3ncc(C(=O)NCc4ccc5c(c4)OCO5)c3n2)cc1. The number of nitrogens with zero attached hydrogens (tertiary/aromatic N) is 3. The lowest BCUT2D eigenvalue weighted by molar-refractivity contribution is 0.0952. The summed E-state index contributed by atoms with van der Waals surface area (Å²) < 4.78 is 44.3. The molecule has 0 aliphatic carbocycles. The summed E-state index contributed by atoms with van der Waals surface area (Å²) in [6.07, 6.45) is -1.57. The van der Waals surface area contributed by atoms with Crippen LogP contribution in [-0.4, -0.2) is 34.4 Å². The summed E-state index contributed by atoms with van der Waals surface area (Å²) >= 11 is 0. The number of hydrogen-bond donors (Lipinski definition) is 1. The van der Waals surface area contributed by atoms with Crippen LogP contribution in [0.15, 0.2) is 54.7 Å². The molecule has 2 aromatic carbocycles. The van der Waals surface area contributed by atoms with Gasteiger partial charge in [0.2, 0.25) is 6.79 Å². The molecular weight excluding hydrogens is 434 g/mol. The van der Waals surface area contributed by atoms with Gasteiger partial charge in [-0.1, -0.05) is 6.07 Å². The number of nitrogens with one attached hydrogen (secondary N) is 1. The first-order valence-corrected chi connectivity index (χ1v) is 10.0. The van der Waals surface area contributed by atoms with E-state index in [0.29, 0.717) is 28.5 Å². The molecule has 1 amide bonds. The number of ether oxygens (including phenoxy) is 3. The Kier molecular flexibility index (Phi) is 5.25. The molecular formula is C23H18F2N4O4. The molecule has 0 atom stereocenters. The molecule has 0 saturated carbocycles. The average molecular weight is 452 g/mol. The van der Waals surface area contributed by atoms with E-state index in [2.05, 4.69) is 15.4 Å². The van der Waals surface area contributed by atoms with E-state index < -0.39 is 12.3 Å². The van der Waals surface area contributed by atoms with E-state index in [9.17, 15) is 13.6 Å². The number of aromatic nitrogens is 3. The van der Waals surface area contributed by atoms with Crippen LogP contribution in [0.3, 0.4) is 0 Å². The highest BCUT2D eigenvalue weighted by Crippen LogP contribution is 2.32. The molecule has 2 aromatic heterocycles.